The number of nitrogens with one attached hydrogen (secondary N) is 1. The van der Waals surface area contributed by atoms with Gasteiger partial charge in [0.15, 0.2) is 5.76 Å². The number of rotatable bonds is 12. The van der Waals surface area contributed by atoms with Gasteiger partial charge < -0.3 is 29.7 Å². The molecule has 0 spiro atoms. The van der Waals surface area contributed by atoms with Crippen molar-refractivity contribution in [1.82, 2.24) is 19.8 Å². The minimum absolute atomic E-state index is 0.0484. The Balaban J connectivity index is 1.16. The first-order chi connectivity index (χ1) is 20.8. The summed E-state index contributed by atoms with van der Waals surface area (Å²) in [6, 6.07) is 16.6. The number of para-hydroxylation sites is 2. The smallest absolute Gasteiger partial charge is 0.287 e. The summed E-state index contributed by atoms with van der Waals surface area (Å²) >= 11 is 0. The van der Waals surface area contributed by atoms with E-state index >= 15 is 0 Å². The predicted octanol–water partition coefficient (Wildman–Crippen LogP) is 4.09. The van der Waals surface area contributed by atoms with E-state index in [-0.39, 0.29) is 36.2 Å². The number of amides is 2. The molecule has 0 radical (unpaired) electrons. The molecule has 3 heterocycles. The Hall–Kier alpha value is -4.55. The van der Waals surface area contributed by atoms with Crippen molar-refractivity contribution in [2.45, 2.75) is 44.2 Å². The van der Waals surface area contributed by atoms with Crippen LogP contribution in [0.5, 0.6) is 0 Å². The molecule has 0 aliphatic carbocycles. The number of piperidine rings is 1. The van der Waals surface area contributed by atoms with E-state index in [4.69, 9.17) is 19.9 Å². The van der Waals surface area contributed by atoms with Crippen molar-refractivity contribution < 1.29 is 23.7 Å². The van der Waals surface area contributed by atoms with Gasteiger partial charge in [-0.3, -0.25) is 19.7 Å². The Labute approximate surface area is 249 Å². The number of hydrogen-bond acceptors (Lipinski definition) is 8. The fourth-order valence-corrected chi connectivity index (χ4v) is 5.55. The number of nitro groups is 1. The van der Waals surface area contributed by atoms with Crippen LogP contribution in [0.25, 0.3) is 22.4 Å². The largest absolute Gasteiger partial charge is 0.451 e. The van der Waals surface area contributed by atoms with E-state index in [1.54, 1.807) is 25.3 Å². The molecule has 5 rings (SSSR count). The van der Waals surface area contributed by atoms with Crippen LogP contribution in [0, 0.1) is 10.1 Å². The van der Waals surface area contributed by atoms with Crippen LogP contribution < -0.4 is 11.1 Å². The fourth-order valence-electron chi connectivity index (χ4n) is 5.55. The highest BCUT2D eigenvalue weighted by Crippen LogP contribution is 2.30. The third kappa shape index (κ3) is 7.09. The summed E-state index contributed by atoms with van der Waals surface area (Å²) in [5.74, 6) is 0.953. The summed E-state index contributed by atoms with van der Waals surface area (Å²) in [5.41, 5.74) is 8.70. The molecule has 1 fully saturated rings. The number of furan rings is 1. The molecule has 1 saturated heterocycles. The number of fused-ring (bicyclic) bond motifs is 1. The van der Waals surface area contributed by atoms with Crippen LogP contribution in [0.4, 0.5) is 5.69 Å². The molecular weight excluding hydrogens is 552 g/mol. The first-order valence-corrected chi connectivity index (χ1v) is 14.4. The van der Waals surface area contributed by atoms with E-state index in [1.807, 2.05) is 23.1 Å². The lowest BCUT2D eigenvalue weighted by atomic mass is 9.96. The molecule has 12 nitrogen and oxygen atoms in total. The maximum Gasteiger partial charge on any atom is 0.287 e. The molecule has 0 bridgehead atoms. The number of nitrogens with zero attached hydrogens (tertiary/aromatic N) is 4. The van der Waals surface area contributed by atoms with Gasteiger partial charge in [-0.2, -0.15) is 0 Å². The van der Waals surface area contributed by atoms with Crippen molar-refractivity contribution >= 4 is 28.5 Å². The minimum Gasteiger partial charge on any atom is -0.451 e. The van der Waals surface area contributed by atoms with E-state index in [0.29, 0.717) is 31.0 Å². The normalized spacial score (nSPS) is 15.9. The molecule has 226 valence electrons. The van der Waals surface area contributed by atoms with Crippen LogP contribution in [0.2, 0.25) is 0 Å². The highest BCUT2D eigenvalue weighted by Gasteiger charge is 2.29. The minimum atomic E-state index is -0.582. The predicted molar refractivity (Wildman–Crippen MR) is 161 cm³/mol. The van der Waals surface area contributed by atoms with Crippen molar-refractivity contribution in [3.63, 3.8) is 0 Å². The van der Waals surface area contributed by atoms with E-state index in [0.717, 1.165) is 42.7 Å². The van der Waals surface area contributed by atoms with Gasteiger partial charge in [-0.15, -0.1) is 0 Å². The Morgan fingerprint density at radius 1 is 1.21 bits per heavy atom. The van der Waals surface area contributed by atoms with Crippen LogP contribution in [0.15, 0.2) is 65.1 Å². The molecule has 2 amide bonds. The van der Waals surface area contributed by atoms with Gasteiger partial charge >= 0.3 is 0 Å². The number of methoxy groups -OCH3 is 1. The summed E-state index contributed by atoms with van der Waals surface area (Å²) < 4.78 is 13.1. The van der Waals surface area contributed by atoms with Crippen molar-refractivity contribution in [3.8, 4) is 11.3 Å². The standard InChI is InChI=1S/C31H36N6O6/c1-42-16-6-15-36-26-11-3-2-10-25(26)34-30(36)22-8-5-14-35(20-22)29(38)18-23(32)19-33-31(39)28-13-12-27(43-28)21-7-4-9-24(17-21)37(40)41/h2-4,7,9-13,17,22-23H,5-6,8,14-16,18-20,32H2,1H3,(H,33,39)/t22-,23-/m1/s1. The SMILES string of the molecule is COCCCn1c([C@@H]2CCCN(C(=O)C[C@@H](N)CNC(=O)c3ccc(-c4cccc([N+](=O)[O-])c4)o3)C2)nc2ccccc21. The molecule has 2 aromatic carbocycles. The first kappa shape index (κ1) is 29.9. The zero-order valence-corrected chi connectivity index (χ0v) is 24.1. The summed E-state index contributed by atoms with van der Waals surface area (Å²) in [6.07, 6.45) is 2.78. The molecule has 0 saturated carbocycles. The average molecular weight is 589 g/mol. The number of aromatic nitrogens is 2. The van der Waals surface area contributed by atoms with Gasteiger partial charge in [0.25, 0.3) is 11.6 Å². The van der Waals surface area contributed by atoms with Gasteiger partial charge in [-0.1, -0.05) is 24.3 Å². The van der Waals surface area contributed by atoms with E-state index < -0.39 is 16.9 Å². The summed E-state index contributed by atoms with van der Waals surface area (Å²) in [5, 5.41) is 13.8. The molecule has 43 heavy (non-hydrogen) atoms. The summed E-state index contributed by atoms with van der Waals surface area (Å²) in [4.78, 5) is 43.3. The molecule has 2 aromatic heterocycles. The zero-order valence-electron chi connectivity index (χ0n) is 24.1. The Morgan fingerprint density at radius 3 is 2.86 bits per heavy atom. The number of ether oxygens (including phenoxy) is 1. The van der Waals surface area contributed by atoms with Crippen LogP contribution in [0.3, 0.4) is 0 Å². The number of benzene rings is 2. The molecule has 3 N–H and O–H groups in total. The first-order valence-electron chi connectivity index (χ1n) is 14.4. The number of carbonyl (C=O) groups is 2. The van der Waals surface area contributed by atoms with E-state index in [9.17, 15) is 19.7 Å². The molecule has 2 atom stereocenters. The van der Waals surface area contributed by atoms with Crippen LogP contribution >= 0.6 is 0 Å². The van der Waals surface area contributed by atoms with Gasteiger partial charge in [-0.25, -0.2) is 4.98 Å². The van der Waals surface area contributed by atoms with Crippen LogP contribution in [-0.2, 0) is 16.1 Å². The van der Waals surface area contributed by atoms with E-state index in [2.05, 4.69) is 16.0 Å². The van der Waals surface area contributed by atoms with Crippen LogP contribution in [0.1, 0.15) is 48.0 Å². The number of likely N-dealkylation sites (tertiary alicyclic amines) is 1. The Bertz CT molecular complexity index is 1600. The van der Waals surface area contributed by atoms with Crippen LogP contribution in [-0.4, -0.2) is 70.6 Å². The van der Waals surface area contributed by atoms with E-state index in [1.165, 1.54) is 18.2 Å². The third-order valence-corrected chi connectivity index (χ3v) is 7.69. The topological polar surface area (TPSA) is 159 Å². The average Bonchev–Trinajstić information content (AvgIpc) is 3.66. The molecular formula is C31H36N6O6. The molecule has 4 aromatic rings. The van der Waals surface area contributed by atoms with Gasteiger partial charge in [0.05, 0.1) is 16.0 Å². The second kappa shape index (κ2) is 13.6. The van der Waals surface area contributed by atoms with Crippen molar-refractivity contribution in [3.05, 3.63) is 82.4 Å². The number of nitrogens with two attached hydrogens (primary N) is 1. The third-order valence-electron chi connectivity index (χ3n) is 7.69. The monoisotopic (exact) mass is 588 g/mol. The number of hydrogen-bond donors (Lipinski definition) is 2. The maximum atomic E-state index is 13.2. The second-order valence-electron chi connectivity index (χ2n) is 10.8. The van der Waals surface area contributed by atoms with Crippen molar-refractivity contribution in [2.24, 2.45) is 5.73 Å². The maximum absolute atomic E-state index is 13.2. The van der Waals surface area contributed by atoms with Crippen molar-refractivity contribution in [2.75, 3.05) is 33.4 Å². The Morgan fingerprint density at radius 2 is 2.05 bits per heavy atom. The molecule has 12 heteroatoms. The second-order valence-corrected chi connectivity index (χ2v) is 10.8. The molecule has 1 aliphatic heterocycles. The number of imidazole rings is 1. The number of non-ortho nitro benzene ring substituents is 1. The summed E-state index contributed by atoms with van der Waals surface area (Å²) in [7, 11) is 1.70. The van der Waals surface area contributed by atoms with Gasteiger partial charge in [-0.05, 0) is 43.5 Å². The quantitative estimate of drug-likeness (QED) is 0.142. The number of aryl methyl sites for hydroxylation is 1. The van der Waals surface area contributed by atoms with Crippen molar-refractivity contribution in [1.29, 1.82) is 0 Å². The zero-order chi connectivity index (χ0) is 30.3. The molecule has 1 aliphatic rings. The molecule has 0 unspecified atom stereocenters. The summed E-state index contributed by atoms with van der Waals surface area (Å²) in [6.45, 7) is 2.77. The Kier molecular flexibility index (Phi) is 9.48. The highest BCUT2D eigenvalue weighted by atomic mass is 16.6. The van der Waals surface area contributed by atoms with Gasteiger partial charge in [0.2, 0.25) is 5.91 Å². The number of nitro benzene ring substituents is 1. The highest BCUT2D eigenvalue weighted by molar-refractivity contribution is 5.92. The lowest BCUT2D eigenvalue weighted by Gasteiger charge is -2.33. The van der Waals surface area contributed by atoms with Gasteiger partial charge in [0.1, 0.15) is 11.6 Å². The van der Waals surface area contributed by atoms with Gasteiger partial charge in [0, 0.05) is 76.0 Å². The fraction of sp³-hybridized carbons (Fsp3) is 0.387. The lowest BCUT2D eigenvalue weighted by Crippen LogP contribution is -2.45. The lowest BCUT2D eigenvalue weighted by molar-refractivity contribution is -0.384. The number of carbonyl (C=O) groups excluding carboxylic acids is 2.